The third-order valence-corrected chi connectivity index (χ3v) is 8.09. The van der Waals surface area contributed by atoms with E-state index in [1.54, 1.807) is 0 Å². The van der Waals surface area contributed by atoms with Gasteiger partial charge in [0.2, 0.25) is 0 Å². The minimum Gasteiger partial charge on any atom is -0.394 e. The molecule has 20 atom stereocenters. The number of aliphatic hydroxyl groups is 11. The van der Waals surface area contributed by atoms with E-state index in [4.69, 9.17) is 33.2 Å². The molecule has 4 heterocycles. The van der Waals surface area contributed by atoms with E-state index in [1.807, 2.05) is 0 Å². The smallest absolute Gasteiger partial charge is 0.187 e. The Hall–Kier alpha value is -0.720. The number of ether oxygens (including phenoxy) is 7. The largest absolute Gasteiger partial charge is 0.394 e. The van der Waals surface area contributed by atoms with Crippen LogP contribution >= 0.6 is 0 Å². The molecule has 0 bridgehead atoms. The Balaban J connectivity index is 1.66. The summed E-state index contributed by atoms with van der Waals surface area (Å²) in [5, 5.41) is 114. The number of hydrogen-bond acceptors (Lipinski definition) is 18. The molecular formula is C24H42O18. The summed E-state index contributed by atoms with van der Waals surface area (Å²) >= 11 is 0. The van der Waals surface area contributed by atoms with Crippen molar-refractivity contribution in [2.45, 2.75) is 144 Å². The van der Waals surface area contributed by atoms with Gasteiger partial charge in [0.05, 0.1) is 24.9 Å². The van der Waals surface area contributed by atoms with Gasteiger partial charge in [0.15, 0.2) is 25.2 Å². The van der Waals surface area contributed by atoms with Crippen LogP contribution in [0, 0.1) is 0 Å². The van der Waals surface area contributed by atoms with Crippen molar-refractivity contribution in [2.75, 3.05) is 6.61 Å². The van der Waals surface area contributed by atoms with E-state index in [9.17, 15) is 56.2 Å². The summed E-state index contributed by atoms with van der Waals surface area (Å²) in [4.78, 5) is 0. The average molecular weight is 619 g/mol. The van der Waals surface area contributed by atoms with Crippen molar-refractivity contribution in [1.29, 1.82) is 0 Å². The predicted octanol–water partition coefficient (Wildman–Crippen LogP) is -6.67. The van der Waals surface area contributed by atoms with Crippen LogP contribution in [0.4, 0.5) is 0 Å². The van der Waals surface area contributed by atoms with E-state index < -0.39 is 129 Å². The number of aliphatic hydroxyl groups excluding tert-OH is 11. The molecule has 0 aliphatic carbocycles. The topological polar surface area (TPSA) is 287 Å². The molecule has 11 N–H and O–H groups in total. The SMILES string of the molecule is C[C@@H]1O[C@@H](O[C@@H]2[C@@H](O)[C@H](C)O[C@@H](O[C@@H]3[C@@H](O)[C@H](C)O[C@@H](O)[C@@H]3O)[C@@H]2O[C@@H]2O[C@H](CO)[C@@H](O)[C@H](O)[C@H]2O)[C@H](O)[C@H](O)[C@H]1O. The molecule has 4 saturated heterocycles. The van der Waals surface area contributed by atoms with E-state index in [0.717, 1.165) is 0 Å². The van der Waals surface area contributed by atoms with E-state index in [2.05, 4.69) is 0 Å². The monoisotopic (exact) mass is 618 g/mol. The first-order chi connectivity index (χ1) is 19.7. The standard InChI is InChI=1S/C24H42O18/c1-5-9(26)13(30)15(32)22(37-5)41-19-11(28)7(3)38-24(40-18-10(27)6(2)36-21(35)17(18)34)20(19)42-23-16(33)14(31)12(29)8(4-25)39-23/h5-35H,4H2,1-3H3/t5-,6-,7-,8+,9-,10-,11-,12+,13+,14-,15+,16+,17+,18+,19+,20+,21+,22-,23-,24-/m0/s1. The molecule has 0 unspecified atom stereocenters. The summed E-state index contributed by atoms with van der Waals surface area (Å²) in [6.45, 7) is 3.41. The van der Waals surface area contributed by atoms with Gasteiger partial charge in [0, 0.05) is 0 Å². The quantitative estimate of drug-likeness (QED) is 0.126. The van der Waals surface area contributed by atoms with Crippen LogP contribution in [0.5, 0.6) is 0 Å². The molecule has 0 aromatic rings. The Kier molecular flexibility index (Phi) is 11.2. The lowest BCUT2D eigenvalue weighted by atomic mass is 9.95. The molecule has 0 amide bonds. The molecule has 4 rings (SSSR count). The van der Waals surface area contributed by atoms with E-state index in [0.29, 0.717) is 0 Å². The fourth-order valence-electron chi connectivity index (χ4n) is 5.34. The fraction of sp³-hybridized carbons (Fsp3) is 1.00. The molecule has 4 fully saturated rings. The highest BCUT2D eigenvalue weighted by Crippen LogP contribution is 2.35. The van der Waals surface area contributed by atoms with Gasteiger partial charge in [-0.2, -0.15) is 0 Å². The lowest BCUT2D eigenvalue weighted by molar-refractivity contribution is -0.401. The normalized spacial score (nSPS) is 55.9. The highest BCUT2D eigenvalue weighted by Gasteiger charge is 2.55. The first kappa shape index (κ1) is 34.2. The van der Waals surface area contributed by atoms with Crippen molar-refractivity contribution in [3.8, 4) is 0 Å². The molecule has 246 valence electrons. The summed E-state index contributed by atoms with van der Waals surface area (Å²) in [6, 6.07) is 0. The molecule has 0 spiro atoms. The predicted molar refractivity (Wildman–Crippen MR) is 130 cm³/mol. The number of rotatable bonds is 7. The Morgan fingerprint density at radius 1 is 0.429 bits per heavy atom. The van der Waals surface area contributed by atoms with Crippen LogP contribution in [0.2, 0.25) is 0 Å². The lowest BCUT2D eigenvalue weighted by Crippen LogP contribution is -2.67. The second-order valence-corrected chi connectivity index (χ2v) is 11.1. The van der Waals surface area contributed by atoms with Gasteiger partial charge in [0.25, 0.3) is 0 Å². The Labute approximate surface area is 240 Å². The van der Waals surface area contributed by atoms with Gasteiger partial charge in [0.1, 0.15) is 79.4 Å². The summed E-state index contributed by atoms with van der Waals surface area (Å²) in [5.41, 5.74) is 0. The third-order valence-electron chi connectivity index (χ3n) is 8.09. The minimum atomic E-state index is -1.92. The van der Waals surface area contributed by atoms with Gasteiger partial charge < -0.3 is 89.3 Å². The molecular weight excluding hydrogens is 576 g/mol. The maximum absolute atomic E-state index is 11.1. The molecule has 0 aromatic heterocycles. The molecule has 42 heavy (non-hydrogen) atoms. The molecule has 0 saturated carbocycles. The first-order valence-corrected chi connectivity index (χ1v) is 13.7. The van der Waals surface area contributed by atoms with E-state index in [-0.39, 0.29) is 0 Å². The Bertz CT molecular complexity index is 853. The van der Waals surface area contributed by atoms with Crippen LogP contribution in [0.15, 0.2) is 0 Å². The van der Waals surface area contributed by atoms with Crippen molar-refractivity contribution in [2.24, 2.45) is 0 Å². The lowest BCUT2D eigenvalue weighted by Gasteiger charge is -2.50. The summed E-state index contributed by atoms with van der Waals surface area (Å²) in [7, 11) is 0. The van der Waals surface area contributed by atoms with Crippen molar-refractivity contribution < 1.29 is 89.3 Å². The first-order valence-electron chi connectivity index (χ1n) is 13.7. The summed E-state index contributed by atoms with van der Waals surface area (Å²) < 4.78 is 39.3. The van der Waals surface area contributed by atoms with Crippen molar-refractivity contribution >= 4 is 0 Å². The Morgan fingerprint density at radius 3 is 1.50 bits per heavy atom. The molecule has 4 aliphatic heterocycles. The average Bonchev–Trinajstić information content (AvgIpc) is 2.95. The maximum atomic E-state index is 11.1. The molecule has 4 aliphatic rings. The van der Waals surface area contributed by atoms with Gasteiger partial charge in [-0.1, -0.05) is 0 Å². The zero-order valence-corrected chi connectivity index (χ0v) is 23.0. The van der Waals surface area contributed by atoms with Crippen molar-refractivity contribution in [3.63, 3.8) is 0 Å². The zero-order chi connectivity index (χ0) is 31.2. The van der Waals surface area contributed by atoms with Crippen LogP contribution in [0.1, 0.15) is 20.8 Å². The van der Waals surface area contributed by atoms with Gasteiger partial charge in [-0.15, -0.1) is 0 Å². The molecule has 18 heteroatoms. The second-order valence-electron chi connectivity index (χ2n) is 11.1. The minimum absolute atomic E-state index is 0.790. The van der Waals surface area contributed by atoms with Gasteiger partial charge in [-0.25, -0.2) is 0 Å². The highest BCUT2D eigenvalue weighted by molar-refractivity contribution is 4.97. The van der Waals surface area contributed by atoms with Crippen molar-refractivity contribution in [1.82, 2.24) is 0 Å². The highest BCUT2D eigenvalue weighted by atomic mass is 16.8. The van der Waals surface area contributed by atoms with Crippen LogP contribution in [0.25, 0.3) is 0 Å². The zero-order valence-electron chi connectivity index (χ0n) is 23.0. The van der Waals surface area contributed by atoms with Gasteiger partial charge in [-0.05, 0) is 20.8 Å². The van der Waals surface area contributed by atoms with Crippen LogP contribution in [0.3, 0.4) is 0 Å². The van der Waals surface area contributed by atoms with Crippen LogP contribution in [-0.2, 0) is 33.2 Å². The fourth-order valence-corrected chi connectivity index (χ4v) is 5.34. The van der Waals surface area contributed by atoms with Gasteiger partial charge in [-0.3, -0.25) is 0 Å². The summed E-state index contributed by atoms with van der Waals surface area (Å²) in [5.74, 6) is 0. The molecule has 0 aromatic carbocycles. The van der Waals surface area contributed by atoms with Gasteiger partial charge >= 0.3 is 0 Å². The summed E-state index contributed by atoms with van der Waals surface area (Å²) in [6.07, 6.45) is -31.8. The van der Waals surface area contributed by atoms with Crippen molar-refractivity contribution in [3.05, 3.63) is 0 Å². The van der Waals surface area contributed by atoms with E-state index >= 15 is 0 Å². The van der Waals surface area contributed by atoms with Crippen LogP contribution in [-0.4, -0.2) is 186 Å². The Morgan fingerprint density at radius 2 is 0.881 bits per heavy atom. The second kappa shape index (κ2) is 13.7. The third kappa shape index (κ3) is 6.62. The molecule has 0 radical (unpaired) electrons. The number of hydrogen-bond donors (Lipinski definition) is 11. The van der Waals surface area contributed by atoms with E-state index in [1.165, 1.54) is 20.8 Å². The molecule has 18 nitrogen and oxygen atoms in total. The van der Waals surface area contributed by atoms with Crippen LogP contribution < -0.4 is 0 Å². The maximum Gasteiger partial charge on any atom is 0.187 e.